The molecular weight excluding hydrogens is 262 g/mol. The zero-order chi connectivity index (χ0) is 14.7. The molecule has 4 heteroatoms. The SMILES string of the molecule is COc1cc(C)nc(CN2CCCNc3ccccc32)c1. The van der Waals surface area contributed by atoms with Gasteiger partial charge in [-0.15, -0.1) is 0 Å². The minimum atomic E-state index is 0.802. The van der Waals surface area contributed by atoms with Crippen molar-refractivity contribution in [2.75, 3.05) is 30.4 Å². The molecule has 0 bridgehead atoms. The van der Waals surface area contributed by atoms with Crippen molar-refractivity contribution in [1.82, 2.24) is 4.98 Å². The zero-order valence-electron chi connectivity index (χ0n) is 12.6. The third-order valence-electron chi connectivity index (χ3n) is 3.73. The lowest BCUT2D eigenvalue weighted by Gasteiger charge is -2.24. The van der Waals surface area contributed by atoms with Crippen LogP contribution in [0.3, 0.4) is 0 Å². The van der Waals surface area contributed by atoms with E-state index in [1.165, 1.54) is 11.4 Å². The molecule has 0 saturated heterocycles. The van der Waals surface area contributed by atoms with Crippen LogP contribution < -0.4 is 15.0 Å². The predicted molar refractivity (Wildman–Crippen MR) is 86.1 cm³/mol. The Hall–Kier alpha value is -2.23. The lowest BCUT2D eigenvalue weighted by atomic mass is 10.2. The fraction of sp³-hybridized carbons (Fsp3) is 0.353. The molecule has 2 heterocycles. The second-order valence-electron chi connectivity index (χ2n) is 5.36. The molecule has 0 aliphatic carbocycles. The first-order valence-electron chi connectivity index (χ1n) is 7.35. The normalized spacial score (nSPS) is 14.1. The van der Waals surface area contributed by atoms with Crippen LogP contribution in [0, 0.1) is 6.92 Å². The highest BCUT2D eigenvalue weighted by Gasteiger charge is 2.15. The molecule has 21 heavy (non-hydrogen) atoms. The number of anilines is 2. The van der Waals surface area contributed by atoms with E-state index in [9.17, 15) is 0 Å². The van der Waals surface area contributed by atoms with Crippen LogP contribution in [0.4, 0.5) is 11.4 Å². The molecule has 110 valence electrons. The Kier molecular flexibility index (Phi) is 3.95. The highest BCUT2D eigenvalue weighted by atomic mass is 16.5. The fourth-order valence-electron chi connectivity index (χ4n) is 2.77. The number of hydrogen-bond donors (Lipinski definition) is 1. The van der Waals surface area contributed by atoms with E-state index in [0.717, 1.165) is 43.2 Å². The largest absolute Gasteiger partial charge is 0.497 e. The maximum atomic E-state index is 5.35. The highest BCUT2D eigenvalue weighted by molar-refractivity contribution is 5.70. The quantitative estimate of drug-likeness (QED) is 0.938. The molecule has 0 amide bonds. The van der Waals surface area contributed by atoms with Crippen LogP contribution >= 0.6 is 0 Å². The van der Waals surface area contributed by atoms with E-state index < -0.39 is 0 Å². The highest BCUT2D eigenvalue weighted by Crippen LogP contribution is 2.29. The Morgan fingerprint density at radius 2 is 2.14 bits per heavy atom. The summed E-state index contributed by atoms with van der Waals surface area (Å²) in [5.41, 5.74) is 4.49. The molecule has 1 N–H and O–H groups in total. The second kappa shape index (κ2) is 6.04. The van der Waals surface area contributed by atoms with Crippen LogP contribution in [-0.2, 0) is 6.54 Å². The van der Waals surface area contributed by atoms with Crippen molar-refractivity contribution >= 4 is 11.4 Å². The summed E-state index contributed by atoms with van der Waals surface area (Å²) >= 11 is 0. The van der Waals surface area contributed by atoms with Crippen molar-refractivity contribution in [1.29, 1.82) is 0 Å². The second-order valence-corrected chi connectivity index (χ2v) is 5.36. The first kappa shape index (κ1) is 13.7. The Morgan fingerprint density at radius 3 is 3.00 bits per heavy atom. The standard InChI is InChI=1S/C17H21N3O/c1-13-10-15(21-2)11-14(19-13)12-20-9-5-8-18-16-6-3-4-7-17(16)20/h3-4,6-7,10-11,18H,5,8-9,12H2,1-2H3. The van der Waals surface area contributed by atoms with Crippen LogP contribution in [-0.4, -0.2) is 25.2 Å². The number of rotatable bonds is 3. The minimum Gasteiger partial charge on any atom is -0.497 e. The molecule has 0 atom stereocenters. The fourth-order valence-corrected chi connectivity index (χ4v) is 2.77. The van der Waals surface area contributed by atoms with Gasteiger partial charge in [0.2, 0.25) is 0 Å². The van der Waals surface area contributed by atoms with Gasteiger partial charge in [-0.1, -0.05) is 12.1 Å². The third kappa shape index (κ3) is 3.10. The van der Waals surface area contributed by atoms with Gasteiger partial charge < -0.3 is 15.0 Å². The number of benzene rings is 1. The van der Waals surface area contributed by atoms with Gasteiger partial charge >= 0.3 is 0 Å². The zero-order valence-corrected chi connectivity index (χ0v) is 12.6. The van der Waals surface area contributed by atoms with Crippen molar-refractivity contribution in [2.45, 2.75) is 19.9 Å². The number of aryl methyl sites for hydroxylation is 1. The Morgan fingerprint density at radius 1 is 1.29 bits per heavy atom. The van der Waals surface area contributed by atoms with E-state index >= 15 is 0 Å². The number of ether oxygens (including phenoxy) is 1. The predicted octanol–water partition coefficient (Wildman–Crippen LogP) is 3.22. The molecule has 2 aromatic rings. The van der Waals surface area contributed by atoms with Gasteiger partial charge in [0, 0.05) is 30.9 Å². The third-order valence-corrected chi connectivity index (χ3v) is 3.73. The van der Waals surface area contributed by atoms with Crippen molar-refractivity contribution in [2.24, 2.45) is 0 Å². The van der Waals surface area contributed by atoms with E-state index in [0.29, 0.717) is 0 Å². The van der Waals surface area contributed by atoms with Gasteiger partial charge in [0.1, 0.15) is 5.75 Å². The molecule has 0 fully saturated rings. The molecule has 0 saturated carbocycles. The lowest BCUT2D eigenvalue weighted by molar-refractivity contribution is 0.413. The molecular formula is C17H21N3O. The molecule has 0 radical (unpaired) electrons. The summed E-state index contributed by atoms with van der Waals surface area (Å²) in [6.45, 7) is 4.85. The molecule has 0 unspecified atom stereocenters. The van der Waals surface area contributed by atoms with E-state index in [4.69, 9.17) is 4.74 Å². The summed E-state index contributed by atoms with van der Waals surface area (Å²) in [7, 11) is 1.70. The molecule has 1 aliphatic rings. The lowest BCUT2D eigenvalue weighted by Crippen LogP contribution is -2.24. The monoisotopic (exact) mass is 283 g/mol. The smallest absolute Gasteiger partial charge is 0.122 e. The van der Waals surface area contributed by atoms with Gasteiger partial charge in [0.25, 0.3) is 0 Å². The summed E-state index contributed by atoms with van der Waals surface area (Å²) in [6.07, 6.45) is 1.12. The average molecular weight is 283 g/mol. The van der Waals surface area contributed by atoms with Crippen molar-refractivity contribution in [3.05, 3.63) is 47.8 Å². The summed E-state index contributed by atoms with van der Waals surface area (Å²) in [6, 6.07) is 12.4. The number of methoxy groups -OCH3 is 1. The van der Waals surface area contributed by atoms with Gasteiger partial charge in [-0.05, 0) is 25.5 Å². The summed E-state index contributed by atoms with van der Waals surface area (Å²) in [5.74, 6) is 0.874. The Labute approximate surface area is 125 Å². The number of fused-ring (bicyclic) bond motifs is 1. The molecule has 1 aliphatic heterocycles. The number of pyridine rings is 1. The Balaban J connectivity index is 1.89. The molecule has 1 aromatic carbocycles. The topological polar surface area (TPSA) is 37.4 Å². The summed E-state index contributed by atoms with van der Waals surface area (Å²) in [4.78, 5) is 7.02. The first-order chi connectivity index (χ1) is 10.3. The van der Waals surface area contributed by atoms with Crippen molar-refractivity contribution in [3.63, 3.8) is 0 Å². The summed E-state index contributed by atoms with van der Waals surface area (Å²) < 4.78 is 5.35. The van der Waals surface area contributed by atoms with Gasteiger partial charge in [0.05, 0.1) is 30.7 Å². The maximum Gasteiger partial charge on any atom is 0.122 e. The van der Waals surface area contributed by atoms with Crippen LogP contribution in [0.5, 0.6) is 5.75 Å². The number of hydrogen-bond acceptors (Lipinski definition) is 4. The minimum absolute atomic E-state index is 0.802. The van der Waals surface area contributed by atoms with Crippen LogP contribution in [0.15, 0.2) is 36.4 Å². The number of aromatic nitrogens is 1. The van der Waals surface area contributed by atoms with E-state index in [2.05, 4.69) is 39.5 Å². The number of para-hydroxylation sites is 2. The van der Waals surface area contributed by atoms with Crippen molar-refractivity contribution < 1.29 is 4.74 Å². The number of nitrogens with one attached hydrogen (secondary N) is 1. The van der Waals surface area contributed by atoms with Gasteiger partial charge in [-0.2, -0.15) is 0 Å². The van der Waals surface area contributed by atoms with Crippen LogP contribution in [0.2, 0.25) is 0 Å². The van der Waals surface area contributed by atoms with E-state index in [1.807, 2.05) is 19.1 Å². The van der Waals surface area contributed by atoms with Gasteiger partial charge in [-0.25, -0.2) is 0 Å². The maximum absolute atomic E-state index is 5.35. The number of nitrogens with zero attached hydrogens (tertiary/aromatic N) is 2. The van der Waals surface area contributed by atoms with Gasteiger partial charge in [-0.3, -0.25) is 4.98 Å². The Bertz CT molecular complexity index is 627. The van der Waals surface area contributed by atoms with E-state index in [-0.39, 0.29) is 0 Å². The molecule has 0 spiro atoms. The molecule has 1 aromatic heterocycles. The van der Waals surface area contributed by atoms with Crippen molar-refractivity contribution in [3.8, 4) is 5.75 Å². The van der Waals surface area contributed by atoms with E-state index in [1.54, 1.807) is 7.11 Å². The average Bonchev–Trinajstić information content (AvgIpc) is 2.69. The molecule has 3 rings (SSSR count). The van der Waals surface area contributed by atoms with Crippen LogP contribution in [0.1, 0.15) is 17.8 Å². The molecule has 4 nitrogen and oxygen atoms in total. The van der Waals surface area contributed by atoms with Gasteiger partial charge in [0.15, 0.2) is 0 Å². The summed E-state index contributed by atoms with van der Waals surface area (Å²) in [5, 5.41) is 3.49. The van der Waals surface area contributed by atoms with Crippen LogP contribution in [0.25, 0.3) is 0 Å². The first-order valence-corrected chi connectivity index (χ1v) is 7.35.